The minimum absolute atomic E-state index is 0.0289. The Morgan fingerprint density at radius 1 is 1.36 bits per heavy atom. The number of hydrogen-bond acceptors (Lipinski definition) is 4. The zero-order valence-corrected chi connectivity index (χ0v) is 13.3. The fourth-order valence-corrected chi connectivity index (χ4v) is 2.63. The van der Waals surface area contributed by atoms with Gasteiger partial charge in [0.15, 0.2) is 5.11 Å². The van der Waals surface area contributed by atoms with Crippen molar-refractivity contribution in [1.82, 2.24) is 10.7 Å². The van der Waals surface area contributed by atoms with Crippen LogP contribution < -0.4 is 21.4 Å². The highest BCUT2D eigenvalue weighted by molar-refractivity contribution is 7.80. The second kappa shape index (κ2) is 6.97. The Labute approximate surface area is 133 Å². The number of anilines is 1. The van der Waals surface area contributed by atoms with E-state index in [1.54, 1.807) is 0 Å². The van der Waals surface area contributed by atoms with Gasteiger partial charge in [0.05, 0.1) is 11.9 Å². The Kier molecular flexibility index (Phi) is 5.25. The van der Waals surface area contributed by atoms with Crippen molar-refractivity contribution >= 4 is 29.2 Å². The fourth-order valence-electron chi connectivity index (χ4n) is 2.58. The van der Waals surface area contributed by atoms with Gasteiger partial charge in [0.1, 0.15) is 11.6 Å². The first-order valence-corrected chi connectivity index (χ1v) is 7.36. The molecule has 0 amide bonds. The standard InChI is InChI=1S/C14H19F2N5S/c1-8-6-21(7-9(2)19-8)13-4-11(15)10(3-12(13)16)5-18-20-14(17)22/h3-5,8-9,19H,6-7H2,1-2H3,(H3,17,20,22). The van der Waals surface area contributed by atoms with Gasteiger partial charge in [0, 0.05) is 36.8 Å². The summed E-state index contributed by atoms with van der Waals surface area (Å²) in [7, 11) is 0. The lowest BCUT2D eigenvalue weighted by Crippen LogP contribution is -2.54. The maximum absolute atomic E-state index is 14.3. The van der Waals surface area contributed by atoms with Crippen molar-refractivity contribution in [2.75, 3.05) is 18.0 Å². The first-order chi connectivity index (χ1) is 10.4. The molecule has 2 atom stereocenters. The number of hydrazone groups is 1. The lowest BCUT2D eigenvalue weighted by molar-refractivity contribution is 0.403. The van der Waals surface area contributed by atoms with Gasteiger partial charge in [-0.2, -0.15) is 5.10 Å². The summed E-state index contributed by atoms with van der Waals surface area (Å²) in [5.74, 6) is -1.04. The molecule has 2 unspecified atom stereocenters. The van der Waals surface area contributed by atoms with E-state index in [4.69, 9.17) is 5.73 Å². The van der Waals surface area contributed by atoms with Crippen molar-refractivity contribution in [3.05, 3.63) is 29.3 Å². The van der Waals surface area contributed by atoms with Crippen LogP contribution in [0.3, 0.4) is 0 Å². The quantitative estimate of drug-likeness (QED) is 0.444. The van der Waals surface area contributed by atoms with Crippen molar-refractivity contribution in [3.63, 3.8) is 0 Å². The van der Waals surface area contributed by atoms with Crippen LogP contribution in [0, 0.1) is 11.6 Å². The van der Waals surface area contributed by atoms with E-state index in [9.17, 15) is 8.78 Å². The average Bonchev–Trinajstić information content (AvgIpc) is 2.40. The minimum Gasteiger partial charge on any atom is -0.375 e. The summed E-state index contributed by atoms with van der Waals surface area (Å²) in [6, 6.07) is 2.74. The minimum atomic E-state index is -0.552. The number of piperazine rings is 1. The molecule has 0 radical (unpaired) electrons. The van der Waals surface area contributed by atoms with Crippen LogP contribution in [0.25, 0.3) is 0 Å². The number of nitrogens with two attached hydrogens (primary N) is 1. The summed E-state index contributed by atoms with van der Waals surface area (Å²) in [6.07, 6.45) is 1.14. The molecule has 0 bridgehead atoms. The van der Waals surface area contributed by atoms with Crippen LogP contribution in [0.5, 0.6) is 0 Å². The van der Waals surface area contributed by atoms with E-state index in [2.05, 4.69) is 28.1 Å². The van der Waals surface area contributed by atoms with E-state index in [0.29, 0.717) is 13.1 Å². The second-order valence-corrected chi connectivity index (χ2v) is 5.87. The van der Waals surface area contributed by atoms with E-state index >= 15 is 0 Å². The van der Waals surface area contributed by atoms with Gasteiger partial charge < -0.3 is 16.0 Å². The molecule has 0 aromatic heterocycles. The van der Waals surface area contributed by atoms with E-state index < -0.39 is 11.6 Å². The third-order valence-corrected chi connectivity index (χ3v) is 3.43. The molecule has 22 heavy (non-hydrogen) atoms. The molecular weight excluding hydrogens is 308 g/mol. The number of hydrogen-bond donors (Lipinski definition) is 3. The lowest BCUT2D eigenvalue weighted by Gasteiger charge is -2.37. The number of benzene rings is 1. The first-order valence-electron chi connectivity index (χ1n) is 6.95. The molecule has 1 fully saturated rings. The molecule has 1 saturated heterocycles. The van der Waals surface area contributed by atoms with Crippen LogP contribution in [0.4, 0.5) is 14.5 Å². The van der Waals surface area contributed by atoms with Crippen LogP contribution in [-0.2, 0) is 0 Å². The van der Waals surface area contributed by atoms with Crippen molar-refractivity contribution in [2.24, 2.45) is 10.8 Å². The predicted molar refractivity (Wildman–Crippen MR) is 88.1 cm³/mol. The molecule has 120 valence electrons. The molecule has 4 N–H and O–H groups in total. The average molecular weight is 327 g/mol. The van der Waals surface area contributed by atoms with Gasteiger partial charge in [-0.25, -0.2) is 8.78 Å². The summed E-state index contributed by atoms with van der Waals surface area (Å²) in [5, 5.41) is 6.95. The molecule has 2 rings (SSSR count). The van der Waals surface area contributed by atoms with Crippen LogP contribution in [0.15, 0.2) is 17.2 Å². The highest BCUT2D eigenvalue weighted by Gasteiger charge is 2.24. The van der Waals surface area contributed by atoms with E-state index in [1.807, 2.05) is 18.7 Å². The topological polar surface area (TPSA) is 65.7 Å². The Balaban J connectivity index is 2.22. The molecule has 1 aliphatic heterocycles. The number of nitrogens with one attached hydrogen (secondary N) is 2. The summed E-state index contributed by atoms with van der Waals surface area (Å²) >= 11 is 4.57. The Bertz CT molecular complexity index is 583. The summed E-state index contributed by atoms with van der Waals surface area (Å²) in [4.78, 5) is 1.85. The van der Waals surface area contributed by atoms with Crippen LogP contribution in [0.1, 0.15) is 19.4 Å². The zero-order valence-electron chi connectivity index (χ0n) is 12.4. The fraction of sp³-hybridized carbons (Fsp3) is 0.429. The predicted octanol–water partition coefficient (Wildman–Crippen LogP) is 1.32. The maximum Gasteiger partial charge on any atom is 0.184 e. The number of nitrogens with zero attached hydrogens (tertiary/aromatic N) is 2. The second-order valence-electron chi connectivity index (χ2n) is 5.43. The molecule has 1 aliphatic rings. The van der Waals surface area contributed by atoms with Gasteiger partial charge in [0.25, 0.3) is 0 Å². The molecule has 1 aromatic carbocycles. The van der Waals surface area contributed by atoms with Gasteiger partial charge in [0.2, 0.25) is 0 Å². The normalized spacial score (nSPS) is 22.1. The SMILES string of the molecule is CC1CN(c2cc(F)c(C=NNC(N)=S)cc2F)CC(C)N1. The third-order valence-electron chi connectivity index (χ3n) is 3.34. The van der Waals surface area contributed by atoms with E-state index in [1.165, 1.54) is 6.07 Å². The molecule has 0 aliphatic carbocycles. The number of thiocarbonyl (C=S) groups is 1. The van der Waals surface area contributed by atoms with Crippen LogP contribution in [-0.4, -0.2) is 36.5 Å². The lowest BCUT2D eigenvalue weighted by atomic mass is 10.1. The Hall–Kier alpha value is -1.80. The zero-order chi connectivity index (χ0) is 16.3. The van der Waals surface area contributed by atoms with Gasteiger partial charge in [-0.3, -0.25) is 5.43 Å². The van der Waals surface area contributed by atoms with Gasteiger partial charge in [-0.05, 0) is 32.1 Å². The highest BCUT2D eigenvalue weighted by Crippen LogP contribution is 2.24. The van der Waals surface area contributed by atoms with Crippen molar-refractivity contribution in [1.29, 1.82) is 0 Å². The number of rotatable bonds is 3. The summed E-state index contributed by atoms with van der Waals surface area (Å²) in [5.41, 5.74) is 7.79. The van der Waals surface area contributed by atoms with Crippen molar-refractivity contribution in [2.45, 2.75) is 25.9 Å². The van der Waals surface area contributed by atoms with Gasteiger partial charge in [-0.15, -0.1) is 0 Å². The third kappa shape index (κ3) is 4.11. The molecule has 5 nitrogen and oxygen atoms in total. The van der Waals surface area contributed by atoms with Crippen molar-refractivity contribution < 1.29 is 8.78 Å². The summed E-state index contributed by atoms with van der Waals surface area (Å²) in [6.45, 7) is 5.27. The van der Waals surface area contributed by atoms with Gasteiger partial charge in [-0.1, -0.05) is 0 Å². The first kappa shape index (κ1) is 16.6. The molecule has 0 saturated carbocycles. The van der Waals surface area contributed by atoms with Crippen LogP contribution in [0.2, 0.25) is 0 Å². The molecule has 1 heterocycles. The Morgan fingerprint density at radius 3 is 2.59 bits per heavy atom. The summed E-state index contributed by atoms with van der Waals surface area (Å²) < 4.78 is 28.4. The monoisotopic (exact) mass is 327 g/mol. The highest BCUT2D eigenvalue weighted by atomic mass is 32.1. The molecule has 8 heteroatoms. The molecular formula is C14H19F2N5S. The maximum atomic E-state index is 14.3. The van der Waals surface area contributed by atoms with Gasteiger partial charge >= 0.3 is 0 Å². The smallest absolute Gasteiger partial charge is 0.184 e. The Morgan fingerprint density at radius 2 is 2.00 bits per heavy atom. The molecule has 0 spiro atoms. The molecule has 1 aromatic rings. The largest absolute Gasteiger partial charge is 0.375 e. The van der Waals surface area contributed by atoms with Crippen LogP contribution >= 0.6 is 12.2 Å². The van der Waals surface area contributed by atoms with Crippen molar-refractivity contribution in [3.8, 4) is 0 Å². The van der Waals surface area contributed by atoms with E-state index in [-0.39, 0.29) is 28.4 Å². The number of halogens is 2. The van der Waals surface area contributed by atoms with E-state index in [0.717, 1.165) is 12.3 Å².